The van der Waals surface area contributed by atoms with Gasteiger partial charge in [-0.1, -0.05) is 25.5 Å². The van der Waals surface area contributed by atoms with E-state index in [4.69, 9.17) is 0 Å². The smallest absolute Gasteiger partial charge is 0.271 e. The summed E-state index contributed by atoms with van der Waals surface area (Å²) in [6, 6.07) is 9.03. The average Bonchev–Trinajstić information content (AvgIpc) is 2.54. The second kappa shape index (κ2) is 8.22. The number of amides is 1. The Morgan fingerprint density at radius 1 is 1.30 bits per heavy atom. The van der Waals surface area contributed by atoms with Gasteiger partial charge in [0.25, 0.3) is 11.5 Å². The van der Waals surface area contributed by atoms with Gasteiger partial charge >= 0.3 is 0 Å². The summed E-state index contributed by atoms with van der Waals surface area (Å²) in [7, 11) is 0. The molecule has 0 fully saturated rings. The Kier molecular flexibility index (Phi) is 6.02. The number of aromatic nitrogens is 2. The summed E-state index contributed by atoms with van der Waals surface area (Å²) in [5, 5.41) is 6.81. The predicted molar refractivity (Wildman–Crippen MR) is 85.8 cm³/mol. The van der Waals surface area contributed by atoms with Crippen molar-refractivity contribution in [3.05, 3.63) is 63.8 Å². The molecule has 1 aromatic heterocycles. The monoisotopic (exact) mass is 317 g/mol. The Bertz CT molecular complexity index is 728. The van der Waals surface area contributed by atoms with Crippen molar-refractivity contribution >= 4 is 5.91 Å². The zero-order valence-electron chi connectivity index (χ0n) is 13.1. The number of aryl methyl sites for hydroxylation is 1. The number of carbonyl (C=O) groups is 1. The number of halogens is 1. The van der Waals surface area contributed by atoms with E-state index in [0.29, 0.717) is 19.5 Å². The third kappa shape index (κ3) is 5.02. The Morgan fingerprint density at radius 2 is 2.13 bits per heavy atom. The molecule has 0 saturated carbocycles. The minimum Gasteiger partial charge on any atom is -0.350 e. The second-order valence-electron chi connectivity index (χ2n) is 5.27. The summed E-state index contributed by atoms with van der Waals surface area (Å²) in [4.78, 5) is 23.7. The molecule has 0 spiro atoms. The number of nitrogens with one attached hydrogen (secondary N) is 1. The van der Waals surface area contributed by atoms with Crippen LogP contribution in [0.15, 0.2) is 41.2 Å². The molecule has 2 rings (SSSR count). The largest absolute Gasteiger partial charge is 0.350 e. The van der Waals surface area contributed by atoms with E-state index in [1.807, 2.05) is 6.92 Å². The van der Waals surface area contributed by atoms with Crippen LogP contribution in [0, 0.1) is 5.82 Å². The molecule has 2 aromatic rings. The Labute approximate surface area is 134 Å². The van der Waals surface area contributed by atoms with Crippen LogP contribution in [0.25, 0.3) is 0 Å². The van der Waals surface area contributed by atoms with E-state index in [1.54, 1.807) is 12.1 Å². The van der Waals surface area contributed by atoms with E-state index >= 15 is 0 Å². The number of nitrogens with zero attached hydrogens (tertiary/aromatic N) is 2. The number of hydrogen-bond donors (Lipinski definition) is 1. The lowest BCUT2D eigenvalue weighted by atomic mass is 10.1. The van der Waals surface area contributed by atoms with Crippen LogP contribution in [0.3, 0.4) is 0 Å². The average molecular weight is 317 g/mol. The zero-order valence-corrected chi connectivity index (χ0v) is 13.1. The fourth-order valence-electron chi connectivity index (χ4n) is 2.14. The van der Waals surface area contributed by atoms with E-state index in [1.165, 1.54) is 28.9 Å². The quantitative estimate of drug-likeness (QED) is 0.851. The molecule has 0 radical (unpaired) electrons. The summed E-state index contributed by atoms with van der Waals surface area (Å²) in [5.74, 6) is -0.634. The molecule has 0 atom stereocenters. The SMILES string of the molecule is CCCCn1nc(C(=O)NCCc2cccc(F)c2)ccc1=O. The molecule has 0 aliphatic heterocycles. The van der Waals surface area contributed by atoms with Crippen molar-refractivity contribution in [3.8, 4) is 0 Å². The minimum atomic E-state index is -0.341. The molecule has 0 aliphatic carbocycles. The van der Waals surface area contributed by atoms with Gasteiger partial charge < -0.3 is 5.32 Å². The lowest BCUT2D eigenvalue weighted by molar-refractivity contribution is 0.0946. The number of benzene rings is 1. The first-order chi connectivity index (χ1) is 11.1. The summed E-state index contributed by atoms with van der Waals surface area (Å²) >= 11 is 0. The second-order valence-corrected chi connectivity index (χ2v) is 5.27. The standard InChI is InChI=1S/C17H20FN3O2/c1-2-3-11-21-16(22)8-7-15(20-21)17(23)19-10-9-13-5-4-6-14(18)12-13/h4-8,12H,2-3,9-11H2,1H3,(H,19,23). The molecule has 1 heterocycles. The van der Waals surface area contributed by atoms with Gasteiger partial charge in [-0.15, -0.1) is 0 Å². The van der Waals surface area contributed by atoms with Crippen molar-refractivity contribution in [2.45, 2.75) is 32.7 Å². The van der Waals surface area contributed by atoms with Crippen LogP contribution in [0.1, 0.15) is 35.8 Å². The molecular weight excluding hydrogens is 297 g/mol. The third-order valence-electron chi connectivity index (χ3n) is 3.41. The molecule has 0 unspecified atom stereocenters. The Hall–Kier alpha value is -2.50. The van der Waals surface area contributed by atoms with Gasteiger partial charge in [-0.25, -0.2) is 9.07 Å². The van der Waals surface area contributed by atoms with E-state index < -0.39 is 0 Å². The third-order valence-corrected chi connectivity index (χ3v) is 3.41. The molecule has 0 saturated heterocycles. The molecule has 0 aliphatic rings. The van der Waals surface area contributed by atoms with Crippen LogP contribution in [-0.2, 0) is 13.0 Å². The lowest BCUT2D eigenvalue weighted by Gasteiger charge is -2.07. The van der Waals surface area contributed by atoms with E-state index in [-0.39, 0.29) is 23.0 Å². The zero-order chi connectivity index (χ0) is 16.7. The normalized spacial score (nSPS) is 10.5. The summed E-state index contributed by atoms with van der Waals surface area (Å²) in [6.07, 6.45) is 2.30. The first-order valence-corrected chi connectivity index (χ1v) is 7.71. The van der Waals surface area contributed by atoms with Gasteiger partial charge in [0.2, 0.25) is 0 Å². The molecule has 122 valence electrons. The number of carbonyl (C=O) groups excluding carboxylic acids is 1. The molecule has 1 aromatic carbocycles. The Morgan fingerprint density at radius 3 is 2.87 bits per heavy atom. The van der Waals surface area contributed by atoms with Crippen molar-refractivity contribution in [2.75, 3.05) is 6.54 Å². The van der Waals surface area contributed by atoms with Crippen molar-refractivity contribution in [1.82, 2.24) is 15.1 Å². The van der Waals surface area contributed by atoms with Gasteiger partial charge in [0.05, 0.1) is 0 Å². The van der Waals surface area contributed by atoms with E-state index in [0.717, 1.165) is 18.4 Å². The summed E-state index contributed by atoms with van der Waals surface area (Å²) in [6.45, 7) is 2.89. The maximum atomic E-state index is 13.1. The minimum absolute atomic E-state index is 0.208. The maximum Gasteiger partial charge on any atom is 0.271 e. The van der Waals surface area contributed by atoms with E-state index in [2.05, 4.69) is 10.4 Å². The lowest BCUT2D eigenvalue weighted by Crippen LogP contribution is -2.30. The molecule has 5 nitrogen and oxygen atoms in total. The first-order valence-electron chi connectivity index (χ1n) is 7.71. The number of rotatable bonds is 7. The van der Waals surface area contributed by atoms with Crippen LogP contribution >= 0.6 is 0 Å². The molecule has 0 bridgehead atoms. The van der Waals surface area contributed by atoms with Gasteiger partial charge in [0, 0.05) is 19.2 Å². The molecule has 1 amide bonds. The Balaban J connectivity index is 1.94. The van der Waals surface area contributed by atoms with Gasteiger partial charge in [0.15, 0.2) is 0 Å². The molecule has 23 heavy (non-hydrogen) atoms. The molecular formula is C17H20FN3O2. The summed E-state index contributed by atoms with van der Waals surface area (Å²) < 4.78 is 14.4. The highest BCUT2D eigenvalue weighted by Gasteiger charge is 2.09. The highest BCUT2D eigenvalue weighted by atomic mass is 19.1. The van der Waals surface area contributed by atoms with Crippen molar-refractivity contribution in [1.29, 1.82) is 0 Å². The van der Waals surface area contributed by atoms with Gasteiger partial charge in [-0.05, 0) is 36.6 Å². The first kappa shape index (κ1) is 16.9. The number of hydrogen-bond acceptors (Lipinski definition) is 3. The van der Waals surface area contributed by atoms with Crippen molar-refractivity contribution in [2.24, 2.45) is 0 Å². The van der Waals surface area contributed by atoms with Gasteiger partial charge in [0.1, 0.15) is 11.5 Å². The fourth-order valence-corrected chi connectivity index (χ4v) is 2.14. The molecule has 1 N–H and O–H groups in total. The number of unbranched alkanes of at least 4 members (excludes halogenated alkanes) is 1. The highest BCUT2D eigenvalue weighted by Crippen LogP contribution is 2.03. The summed E-state index contributed by atoms with van der Waals surface area (Å²) in [5.41, 5.74) is 0.806. The predicted octanol–water partition coefficient (Wildman–Crippen LogP) is 2.16. The maximum absolute atomic E-state index is 13.1. The van der Waals surface area contributed by atoms with Crippen molar-refractivity contribution in [3.63, 3.8) is 0 Å². The van der Waals surface area contributed by atoms with E-state index in [9.17, 15) is 14.0 Å². The van der Waals surface area contributed by atoms with Crippen LogP contribution in [0.5, 0.6) is 0 Å². The van der Waals surface area contributed by atoms with Crippen LogP contribution in [-0.4, -0.2) is 22.2 Å². The van der Waals surface area contributed by atoms with Gasteiger partial charge in [-0.3, -0.25) is 9.59 Å². The van der Waals surface area contributed by atoms with Crippen molar-refractivity contribution < 1.29 is 9.18 Å². The highest BCUT2D eigenvalue weighted by molar-refractivity contribution is 5.91. The van der Waals surface area contributed by atoms with Crippen LogP contribution < -0.4 is 10.9 Å². The fraction of sp³-hybridized carbons (Fsp3) is 0.353. The van der Waals surface area contributed by atoms with Crippen LogP contribution in [0.4, 0.5) is 4.39 Å². The topological polar surface area (TPSA) is 64.0 Å². The van der Waals surface area contributed by atoms with Crippen LogP contribution in [0.2, 0.25) is 0 Å². The van der Waals surface area contributed by atoms with Gasteiger partial charge in [-0.2, -0.15) is 5.10 Å². The molecule has 6 heteroatoms.